The zero-order valence-corrected chi connectivity index (χ0v) is 25.0. The summed E-state index contributed by atoms with van der Waals surface area (Å²) in [6, 6.07) is 12.6. The average Bonchev–Trinajstić information content (AvgIpc) is 3.77. The van der Waals surface area contributed by atoms with Crippen LogP contribution in [-0.4, -0.2) is 50.8 Å². The Labute approximate surface area is 258 Å². The van der Waals surface area contributed by atoms with E-state index in [0.29, 0.717) is 75.4 Å². The molecule has 1 amide bonds. The van der Waals surface area contributed by atoms with Crippen LogP contribution in [0, 0.1) is 23.2 Å². The number of nitrogens with zero attached hydrogens (tertiary/aromatic N) is 6. The van der Waals surface area contributed by atoms with Gasteiger partial charge in [-0.2, -0.15) is 10.4 Å². The summed E-state index contributed by atoms with van der Waals surface area (Å²) >= 11 is 12.2. The van der Waals surface area contributed by atoms with Crippen LogP contribution in [0.2, 0.25) is 10.0 Å². The van der Waals surface area contributed by atoms with Gasteiger partial charge in [-0.3, -0.25) is 4.79 Å². The van der Waals surface area contributed by atoms with Crippen molar-refractivity contribution >= 4 is 46.0 Å². The van der Waals surface area contributed by atoms with Gasteiger partial charge >= 0.3 is 0 Å². The Morgan fingerprint density at radius 2 is 1.98 bits per heavy atom. The molecule has 1 aliphatic carbocycles. The first-order valence-corrected chi connectivity index (χ1v) is 14.8. The van der Waals surface area contributed by atoms with E-state index in [-0.39, 0.29) is 17.4 Å². The first-order valence-electron chi connectivity index (χ1n) is 14.0. The van der Waals surface area contributed by atoms with Crippen LogP contribution in [0.5, 0.6) is 17.2 Å². The number of amides is 1. The average molecular weight is 619 g/mol. The van der Waals surface area contributed by atoms with Crippen LogP contribution < -0.4 is 15.2 Å². The van der Waals surface area contributed by atoms with Crippen molar-refractivity contribution in [2.45, 2.75) is 32.2 Å². The number of carbonyl (C=O) groups excluding carboxylic acids is 1. The van der Waals surface area contributed by atoms with Gasteiger partial charge in [-0.1, -0.05) is 29.3 Å². The zero-order valence-electron chi connectivity index (χ0n) is 23.5. The topological polar surface area (TPSA) is 132 Å². The minimum Gasteiger partial charge on any atom is -0.493 e. The predicted molar refractivity (Wildman–Crippen MR) is 164 cm³/mol. The van der Waals surface area contributed by atoms with E-state index >= 15 is 0 Å². The molecule has 1 atom stereocenters. The Bertz CT molecular complexity index is 1780. The van der Waals surface area contributed by atoms with Crippen molar-refractivity contribution in [2.75, 3.05) is 25.9 Å². The molecule has 3 heterocycles. The van der Waals surface area contributed by atoms with E-state index in [4.69, 9.17) is 43.5 Å². The number of halogens is 2. The highest BCUT2D eigenvalue weighted by Gasteiger charge is 2.29. The molecule has 1 aliphatic heterocycles. The quantitative estimate of drug-likeness (QED) is 0.180. The van der Waals surface area contributed by atoms with E-state index in [1.807, 2.05) is 22.9 Å². The third-order valence-corrected chi connectivity index (χ3v) is 8.47. The van der Waals surface area contributed by atoms with Crippen LogP contribution in [0.15, 0.2) is 54.4 Å². The molecule has 10 nitrogen and oxygen atoms in total. The maximum Gasteiger partial charge on any atom is 0.264 e. The Balaban J connectivity index is 1.27. The van der Waals surface area contributed by atoms with E-state index in [9.17, 15) is 10.1 Å². The Hall–Kier alpha value is -4.33. The number of ether oxygens (including phenoxy) is 2. The molecule has 4 aromatic rings. The number of hydrogen-bond acceptors (Lipinski definition) is 8. The molecule has 2 aromatic heterocycles. The van der Waals surface area contributed by atoms with E-state index in [2.05, 4.69) is 16.0 Å². The first kappa shape index (κ1) is 28.8. The van der Waals surface area contributed by atoms with Crippen LogP contribution in [0.3, 0.4) is 0 Å². The number of methoxy groups -OCH3 is 1. The molecule has 1 saturated carbocycles. The van der Waals surface area contributed by atoms with Gasteiger partial charge in [-0.25, -0.2) is 14.6 Å². The number of nitriles is 1. The van der Waals surface area contributed by atoms with E-state index in [1.165, 1.54) is 6.33 Å². The molecule has 43 heavy (non-hydrogen) atoms. The second-order valence-electron chi connectivity index (χ2n) is 10.8. The number of aromatic nitrogens is 4. The number of nitrogen functional groups attached to an aromatic ring is 1. The van der Waals surface area contributed by atoms with Crippen molar-refractivity contribution in [1.82, 2.24) is 24.6 Å². The summed E-state index contributed by atoms with van der Waals surface area (Å²) in [6.45, 7) is 1.70. The number of anilines is 1. The van der Waals surface area contributed by atoms with Gasteiger partial charge in [-0.15, -0.1) is 0 Å². The lowest BCUT2D eigenvalue weighted by Crippen LogP contribution is -2.41. The molecule has 220 valence electrons. The maximum atomic E-state index is 13.1. The fourth-order valence-corrected chi connectivity index (χ4v) is 5.68. The van der Waals surface area contributed by atoms with E-state index < -0.39 is 0 Å². The second kappa shape index (κ2) is 12.1. The molecule has 0 bridgehead atoms. The molecule has 2 aromatic carbocycles. The molecular formula is C31H29Cl2N7O3. The van der Waals surface area contributed by atoms with Gasteiger partial charge in [0, 0.05) is 31.3 Å². The summed E-state index contributed by atoms with van der Waals surface area (Å²) in [5, 5.41) is 16.0. The van der Waals surface area contributed by atoms with Gasteiger partial charge in [-0.05, 0) is 67.9 Å². The van der Waals surface area contributed by atoms with Crippen molar-refractivity contribution in [2.24, 2.45) is 11.8 Å². The van der Waals surface area contributed by atoms with Crippen LogP contribution in [0.1, 0.15) is 25.7 Å². The Kier molecular flexibility index (Phi) is 8.10. The Morgan fingerprint density at radius 1 is 1.14 bits per heavy atom. The summed E-state index contributed by atoms with van der Waals surface area (Å²) in [6.07, 6.45) is 7.10. The van der Waals surface area contributed by atoms with Crippen molar-refractivity contribution in [1.29, 1.82) is 5.26 Å². The van der Waals surface area contributed by atoms with Crippen molar-refractivity contribution in [3.8, 4) is 34.6 Å². The summed E-state index contributed by atoms with van der Waals surface area (Å²) in [5.41, 5.74) is 8.55. The highest BCUT2D eigenvalue weighted by atomic mass is 35.5. The summed E-state index contributed by atoms with van der Waals surface area (Å²) in [4.78, 5) is 23.6. The minimum absolute atomic E-state index is 0.127. The number of nitrogens with two attached hydrogens (primary N) is 1. The zero-order chi connectivity index (χ0) is 30.1. The van der Waals surface area contributed by atoms with E-state index in [0.717, 1.165) is 31.2 Å². The molecule has 0 spiro atoms. The van der Waals surface area contributed by atoms with Gasteiger partial charge < -0.3 is 20.1 Å². The fraction of sp³-hybridized carbons (Fsp3) is 0.323. The molecule has 0 radical (unpaired) electrons. The second-order valence-corrected chi connectivity index (χ2v) is 11.6. The van der Waals surface area contributed by atoms with Gasteiger partial charge in [0.25, 0.3) is 5.91 Å². The van der Waals surface area contributed by atoms with Crippen molar-refractivity contribution < 1.29 is 14.3 Å². The van der Waals surface area contributed by atoms with Crippen molar-refractivity contribution in [3.05, 3.63) is 64.4 Å². The van der Waals surface area contributed by atoms with Crippen LogP contribution in [-0.2, 0) is 11.3 Å². The van der Waals surface area contributed by atoms with Gasteiger partial charge in [0.1, 0.15) is 35.2 Å². The third kappa shape index (κ3) is 6.10. The van der Waals surface area contributed by atoms with Crippen LogP contribution >= 0.6 is 23.2 Å². The van der Waals surface area contributed by atoms with Crippen LogP contribution in [0.25, 0.3) is 22.3 Å². The predicted octanol–water partition coefficient (Wildman–Crippen LogP) is 6.28. The van der Waals surface area contributed by atoms with E-state index in [1.54, 1.807) is 36.3 Å². The molecule has 6 rings (SSSR count). The summed E-state index contributed by atoms with van der Waals surface area (Å²) in [7, 11) is 1.56. The number of allylic oxidation sites excluding steroid dienone is 1. The third-order valence-electron chi connectivity index (χ3n) is 7.73. The van der Waals surface area contributed by atoms with Crippen molar-refractivity contribution in [3.63, 3.8) is 0 Å². The normalized spacial score (nSPS) is 17.1. The largest absolute Gasteiger partial charge is 0.493 e. The molecule has 1 saturated heterocycles. The molecule has 2 fully saturated rings. The highest BCUT2D eigenvalue weighted by molar-refractivity contribution is 6.42. The number of fused-ring (bicyclic) bond motifs is 1. The first-order chi connectivity index (χ1) is 20.8. The molecule has 2 aliphatic rings. The smallest absolute Gasteiger partial charge is 0.264 e. The number of carbonyl (C=O) groups is 1. The van der Waals surface area contributed by atoms with Crippen LogP contribution in [0.4, 0.5) is 5.82 Å². The standard InChI is InChI=1S/C31H29Cl2N7O3/c1-42-26-12-20(6-9-25(26)43-22-7-8-23(32)24(33)13-22)28-27-29(35)36-17-37-30(27)40(38-28)16-19-3-2-10-39(15-19)31(41)21(14-34)11-18-4-5-18/h6-9,11-13,17-19H,2-5,10,15-16H2,1H3,(H2,35,36,37)/b21-11+. The number of rotatable bonds is 8. The maximum absolute atomic E-state index is 13.1. The lowest BCUT2D eigenvalue weighted by atomic mass is 9.97. The molecule has 12 heteroatoms. The fourth-order valence-electron chi connectivity index (χ4n) is 5.39. The highest BCUT2D eigenvalue weighted by Crippen LogP contribution is 2.39. The number of piperidine rings is 1. The number of benzene rings is 2. The lowest BCUT2D eigenvalue weighted by molar-refractivity contribution is -0.128. The lowest BCUT2D eigenvalue weighted by Gasteiger charge is -2.32. The SMILES string of the molecule is COc1cc(-c2nn(CC3CCCN(C(=O)/C(C#N)=C/C4CC4)C3)c3ncnc(N)c23)ccc1Oc1ccc(Cl)c(Cl)c1. The summed E-state index contributed by atoms with van der Waals surface area (Å²) < 4.78 is 13.5. The van der Waals surface area contributed by atoms with Gasteiger partial charge in [0.2, 0.25) is 0 Å². The molecular weight excluding hydrogens is 589 g/mol. The van der Waals surface area contributed by atoms with Gasteiger partial charge in [0.05, 0.1) is 22.5 Å². The minimum atomic E-state index is -0.188. The number of likely N-dealkylation sites (tertiary alicyclic amines) is 1. The Morgan fingerprint density at radius 3 is 2.72 bits per heavy atom. The summed E-state index contributed by atoms with van der Waals surface area (Å²) in [5.74, 6) is 2.08. The molecule has 2 N–H and O–H groups in total. The van der Waals surface area contributed by atoms with Gasteiger partial charge in [0.15, 0.2) is 17.1 Å². The number of hydrogen-bond donors (Lipinski definition) is 1. The molecule has 1 unspecified atom stereocenters. The monoisotopic (exact) mass is 617 g/mol.